The summed E-state index contributed by atoms with van der Waals surface area (Å²) in [5, 5.41) is 8.15. The lowest BCUT2D eigenvalue weighted by atomic mass is 10.1. The summed E-state index contributed by atoms with van der Waals surface area (Å²) in [6.45, 7) is 0.776. The molecule has 1 saturated heterocycles. The van der Waals surface area contributed by atoms with Crippen LogP contribution in [0.2, 0.25) is 0 Å². The topological polar surface area (TPSA) is 89.2 Å². The van der Waals surface area contributed by atoms with E-state index in [1.807, 2.05) is 6.07 Å². The van der Waals surface area contributed by atoms with Crippen LogP contribution in [-0.4, -0.2) is 41.0 Å². The van der Waals surface area contributed by atoms with Crippen molar-refractivity contribution in [1.82, 2.24) is 19.5 Å². The molecule has 0 bridgehead atoms. The first-order valence-corrected chi connectivity index (χ1v) is 9.37. The minimum atomic E-state index is -3.49. The third-order valence-electron chi connectivity index (χ3n) is 4.23. The van der Waals surface area contributed by atoms with E-state index in [0.29, 0.717) is 36.2 Å². The van der Waals surface area contributed by atoms with Crippen LogP contribution in [0.1, 0.15) is 18.2 Å². The average Bonchev–Trinajstić information content (AvgIpc) is 3.33. The molecule has 7 nitrogen and oxygen atoms in total. The second-order valence-corrected chi connectivity index (χ2v) is 7.79. The van der Waals surface area contributed by atoms with Gasteiger partial charge in [0.2, 0.25) is 21.8 Å². The van der Waals surface area contributed by atoms with Gasteiger partial charge in [-0.3, -0.25) is 4.98 Å². The first-order valence-electron chi connectivity index (χ1n) is 7.93. The molecule has 0 saturated carbocycles. The molecule has 128 valence electrons. The zero-order valence-corrected chi connectivity index (χ0v) is 14.1. The Kier molecular flexibility index (Phi) is 4.06. The zero-order chi connectivity index (χ0) is 17.3. The average molecular weight is 356 g/mol. The van der Waals surface area contributed by atoms with Gasteiger partial charge in [-0.15, -0.1) is 10.2 Å². The molecule has 0 aliphatic carbocycles. The van der Waals surface area contributed by atoms with Crippen molar-refractivity contribution < 1.29 is 12.8 Å². The summed E-state index contributed by atoms with van der Waals surface area (Å²) in [4.78, 5) is 4.33. The maximum absolute atomic E-state index is 12.7. The Bertz CT molecular complexity index is 958. The van der Waals surface area contributed by atoms with E-state index in [0.717, 1.165) is 5.56 Å². The quantitative estimate of drug-likeness (QED) is 0.713. The van der Waals surface area contributed by atoms with Crippen LogP contribution in [0.25, 0.3) is 11.5 Å². The van der Waals surface area contributed by atoms with E-state index in [4.69, 9.17) is 4.42 Å². The van der Waals surface area contributed by atoms with Gasteiger partial charge in [0.05, 0.1) is 16.4 Å². The maximum atomic E-state index is 12.7. The molecule has 0 radical (unpaired) electrons. The van der Waals surface area contributed by atoms with Crippen LogP contribution in [0.5, 0.6) is 0 Å². The summed E-state index contributed by atoms with van der Waals surface area (Å²) in [7, 11) is -3.49. The smallest absolute Gasteiger partial charge is 0.249 e. The van der Waals surface area contributed by atoms with E-state index < -0.39 is 10.0 Å². The number of sulfonamides is 1. The van der Waals surface area contributed by atoms with Gasteiger partial charge in [-0.05, 0) is 30.7 Å². The number of hydrogen-bond acceptors (Lipinski definition) is 6. The van der Waals surface area contributed by atoms with Crippen LogP contribution < -0.4 is 0 Å². The second-order valence-electron chi connectivity index (χ2n) is 5.85. The highest BCUT2D eigenvalue weighted by atomic mass is 32.2. The predicted molar refractivity (Wildman–Crippen MR) is 90.1 cm³/mol. The van der Waals surface area contributed by atoms with Gasteiger partial charge in [0, 0.05) is 25.5 Å². The first kappa shape index (κ1) is 15.9. The number of hydrogen-bond donors (Lipinski definition) is 0. The SMILES string of the molecule is O=S(=O)(c1ccccc1)N1CCC(c2nnc(-c3cccnc3)o2)C1. The number of aromatic nitrogens is 3. The third kappa shape index (κ3) is 3.06. The Morgan fingerprint density at radius 1 is 1.08 bits per heavy atom. The van der Waals surface area contributed by atoms with Gasteiger partial charge in [0.15, 0.2) is 0 Å². The van der Waals surface area contributed by atoms with Crippen molar-refractivity contribution >= 4 is 10.0 Å². The molecular formula is C17H16N4O3S. The van der Waals surface area contributed by atoms with Crippen LogP contribution in [0, 0.1) is 0 Å². The van der Waals surface area contributed by atoms with Gasteiger partial charge in [0.1, 0.15) is 0 Å². The number of nitrogens with zero attached hydrogens (tertiary/aromatic N) is 4. The monoisotopic (exact) mass is 356 g/mol. The van der Waals surface area contributed by atoms with Crippen molar-refractivity contribution in [3.8, 4) is 11.5 Å². The van der Waals surface area contributed by atoms with Crippen molar-refractivity contribution in [3.05, 3.63) is 60.7 Å². The fraction of sp³-hybridized carbons (Fsp3) is 0.235. The maximum Gasteiger partial charge on any atom is 0.249 e. The third-order valence-corrected chi connectivity index (χ3v) is 6.11. The summed E-state index contributed by atoms with van der Waals surface area (Å²) < 4.78 is 32.6. The van der Waals surface area contributed by atoms with E-state index in [-0.39, 0.29) is 5.92 Å². The van der Waals surface area contributed by atoms with Gasteiger partial charge in [-0.25, -0.2) is 8.42 Å². The Morgan fingerprint density at radius 3 is 2.68 bits per heavy atom. The second kappa shape index (κ2) is 6.38. The van der Waals surface area contributed by atoms with Crippen molar-refractivity contribution in [2.75, 3.05) is 13.1 Å². The Hall–Kier alpha value is -2.58. The van der Waals surface area contributed by atoms with Gasteiger partial charge < -0.3 is 4.42 Å². The molecule has 25 heavy (non-hydrogen) atoms. The molecule has 1 aliphatic heterocycles. The standard InChI is InChI=1S/C17H16N4O3S/c22-25(23,15-6-2-1-3-7-15)21-10-8-14(12-21)17-20-19-16(24-17)13-5-4-9-18-11-13/h1-7,9,11,14H,8,10,12H2. The molecule has 0 amide bonds. The fourth-order valence-corrected chi connectivity index (χ4v) is 4.42. The first-order chi connectivity index (χ1) is 12.1. The van der Waals surface area contributed by atoms with Crippen LogP contribution >= 0.6 is 0 Å². The Morgan fingerprint density at radius 2 is 1.92 bits per heavy atom. The van der Waals surface area contributed by atoms with E-state index in [9.17, 15) is 8.42 Å². The molecule has 8 heteroatoms. The van der Waals surface area contributed by atoms with Gasteiger partial charge >= 0.3 is 0 Å². The predicted octanol–water partition coefficient (Wildman–Crippen LogP) is 2.31. The molecule has 1 unspecified atom stereocenters. The van der Waals surface area contributed by atoms with Crippen molar-refractivity contribution in [1.29, 1.82) is 0 Å². The molecule has 3 aromatic rings. The highest BCUT2D eigenvalue weighted by Crippen LogP contribution is 2.31. The Labute approximate surface area is 145 Å². The minimum Gasteiger partial charge on any atom is -0.420 e. The summed E-state index contributed by atoms with van der Waals surface area (Å²) in [6, 6.07) is 12.1. The van der Waals surface area contributed by atoms with Crippen LogP contribution in [0.4, 0.5) is 0 Å². The fourth-order valence-electron chi connectivity index (χ4n) is 2.90. The molecule has 4 rings (SSSR count). The van der Waals surface area contributed by atoms with Crippen molar-refractivity contribution in [2.45, 2.75) is 17.2 Å². The highest BCUT2D eigenvalue weighted by Gasteiger charge is 2.35. The minimum absolute atomic E-state index is 0.101. The summed E-state index contributed by atoms with van der Waals surface area (Å²) in [5.74, 6) is 0.758. The lowest BCUT2D eigenvalue weighted by Crippen LogP contribution is -2.28. The van der Waals surface area contributed by atoms with Gasteiger partial charge in [-0.2, -0.15) is 4.31 Å². The van der Waals surface area contributed by atoms with Crippen LogP contribution in [0.15, 0.2) is 64.2 Å². The van der Waals surface area contributed by atoms with Gasteiger partial charge in [-0.1, -0.05) is 18.2 Å². The molecule has 1 aromatic carbocycles. The molecule has 1 atom stereocenters. The molecule has 0 spiro atoms. The van der Waals surface area contributed by atoms with E-state index in [2.05, 4.69) is 15.2 Å². The highest BCUT2D eigenvalue weighted by molar-refractivity contribution is 7.89. The molecular weight excluding hydrogens is 340 g/mol. The lowest BCUT2D eigenvalue weighted by Gasteiger charge is -2.15. The molecule has 1 aliphatic rings. The summed E-state index contributed by atoms with van der Waals surface area (Å²) in [5.41, 5.74) is 0.744. The number of pyridine rings is 1. The zero-order valence-electron chi connectivity index (χ0n) is 13.3. The largest absolute Gasteiger partial charge is 0.420 e. The summed E-state index contributed by atoms with van der Waals surface area (Å²) >= 11 is 0. The molecule has 0 N–H and O–H groups in total. The molecule has 1 fully saturated rings. The molecule has 3 heterocycles. The number of rotatable bonds is 4. The summed E-state index contributed by atoms with van der Waals surface area (Å²) in [6.07, 6.45) is 3.98. The van der Waals surface area contributed by atoms with E-state index >= 15 is 0 Å². The lowest BCUT2D eigenvalue weighted by molar-refractivity contribution is 0.440. The molecule has 2 aromatic heterocycles. The van der Waals surface area contributed by atoms with Crippen molar-refractivity contribution in [3.63, 3.8) is 0 Å². The Balaban J connectivity index is 1.53. The van der Waals surface area contributed by atoms with Crippen molar-refractivity contribution in [2.24, 2.45) is 0 Å². The number of benzene rings is 1. The van der Waals surface area contributed by atoms with E-state index in [1.54, 1.807) is 48.8 Å². The van der Waals surface area contributed by atoms with Crippen LogP contribution in [0.3, 0.4) is 0 Å². The van der Waals surface area contributed by atoms with Crippen LogP contribution in [-0.2, 0) is 10.0 Å². The van der Waals surface area contributed by atoms with E-state index in [1.165, 1.54) is 4.31 Å². The van der Waals surface area contributed by atoms with Gasteiger partial charge in [0.25, 0.3) is 0 Å². The normalized spacial score (nSPS) is 18.5.